The van der Waals surface area contributed by atoms with E-state index in [4.69, 9.17) is 9.25 Å². The van der Waals surface area contributed by atoms with Gasteiger partial charge in [-0.15, -0.1) is 0 Å². The molecule has 1 N–H and O–H groups in total. The second kappa shape index (κ2) is 6.88. The van der Waals surface area contributed by atoms with Crippen LogP contribution in [0.5, 0.6) is 0 Å². The van der Waals surface area contributed by atoms with Crippen molar-refractivity contribution in [2.45, 2.75) is 19.6 Å². The molecule has 0 aliphatic heterocycles. The highest BCUT2D eigenvalue weighted by molar-refractivity contribution is 5.86. The Kier molecular flexibility index (Phi) is 4.92. The molecule has 0 amide bonds. The summed E-state index contributed by atoms with van der Waals surface area (Å²) < 4.78 is 9.97. The van der Waals surface area contributed by atoms with Gasteiger partial charge in [0.25, 0.3) is 0 Å². The van der Waals surface area contributed by atoms with Gasteiger partial charge in [0, 0.05) is 0 Å². The maximum Gasteiger partial charge on any atom is 0.373 e. The fraction of sp³-hybridized carbons (Fsp3) is 0.267. The standard InChI is InChI=1S/C15H17NO4/c1-11(13-8-9-14(20-13)15(17)18-2)16-19-10-12-6-4-3-5-7-12/h3-9,11,16H,10H2,1-2H3. The van der Waals surface area contributed by atoms with E-state index in [1.165, 1.54) is 7.11 Å². The molecule has 5 nitrogen and oxygen atoms in total. The Bertz CT molecular complexity index is 550. The average Bonchev–Trinajstić information content (AvgIpc) is 2.97. The molecule has 1 heterocycles. The first kappa shape index (κ1) is 14.3. The second-order valence-corrected chi connectivity index (χ2v) is 4.31. The molecule has 1 aromatic carbocycles. The van der Waals surface area contributed by atoms with Crippen molar-refractivity contribution < 1.29 is 18.8 Å². The number of benzene rings is 1. The Balaban J connectivity index is 1.84. The van der Waals surface area contributed by atoms with E-state index in [0.29, 0.717) is 12.4 Å². The summed E-state index contributed by atoms with van der Waals surface area (Å²) in [7, 11) is 1.31. The number of hydrogen-bond donors (Lipinski definition) is 1. The first-order valence-corrected chi connectivity index (χ1v) is 6.30. The molecule has 0 saturated carbocycles. The summed E-state index contributed by atoms with van der Waals surface area (Å²) >= 11 is 0. The second-order valence-electron chi connectivity index (χ2n) is 4.31. The van der Waals surface area contributed by atoms with E-state index in [-0.39, 0.29) is 11.8 Å². The minimum atomic E-state index is -0.492. The highest BCUT2D eigenvalue weighted by Crippen LogP contribution is 2.17. The van der Waals surface area contributed by atoms with Crippen molar-refractivity contribution in [3.63, 3.8) is 0 Å². The summed E-state index contributed by atoms with van der Waals surface area (Å²) in [5.41, 5.74) is 3.94. The van der Waals surface area contributed by atoms with Crippen LogP contribution in [0.3, 0.4) is 0 Å². The zero-order valence-electron chi connectivity index (χ0n) is 11.5. The van der Waals surface area contributed by atoms with Gasteiger partial charge in [0.1, 0.15) is 5.76 Å². The lowest BCUT2D eigenvalue weighted by atomic mass is 10.2. The minimum absolute atomic E-state index is 0.169. The number of carbonyl (C=O) groups is 1. The maximum atomic E-state index is 11.3. The Morgan fingerprint density at radius 2 is 2.00 bits per heavy atom. The summed E-state index contributed by atoms with van der Waals surface area (Å²) in [5, 5.41) is 0. The van der Waals surface area contributed by atoms with Crippen molar-refractivity contribution in [3.8, 4) is 0 Å². The monoisotopic (exact) mass is 275 g/mol. The van der Waals surface area contributed by atoms with E-state index in [1.807, 2.05) is 37.3 Å². The largest absolute Gasteiger partial charge is 0.463 e. The van der Waals surface area contributed by atoms with Crippen LogP contribution in [-0.4, -0.2) is 13.1 Å². The Morgan fingerprint density at radius 1 is 1.25 bits per heavy atom. The van der Waals surface area contributed by atoms with Gasteiger partial charge in [-0.05, 0) is 24.6 Å². The van der Waals surface area contributed by atoms with Gasteiger partial charge < -0.3 is 9.15 Å². The number of furan rings is 1. The summed E-state index contributed by atoms with van der Waals surface area (Å²) in [4.78, 5) is 16.7. The molecule has 2 aromatic rings. The first-order valence-electron chi connectivity index (χ1n) is 6.30. The highest BCUT2D eigenvalue weighted by Gasteiger charge is 2.15. The molecule has 1 unspecified atom stereocenters. The number of hydrogen-bond acceptors (Lipinski definition) is 5. The van der Waals surface area contributed by atoms with Crippen molar-refractivity contribution in [2.75, 3.05) is 7.11 Å². The van der Waals surface area contributed by atoms with E-state index >= 15 is 0 Å². The number of carbonyl (C=O) groups excluding carboxylic acids is 1. The zero-order valence-corrected chi connectivity index (χ0v) is 11.5. The van der Waals surface area contributed by atoms with Gasteiger partial charge in [0.2, 0.25) is 5.76 Å². The SMILES string of the molecule is COC(=O)c1ccc(C(C)NOCc2ccccc2)o1. The number of ether oxygens (including phenoxy) is 1. The predicted molar refractivity (Wildman–Crippen MR) is 72.8 cm³/mol. The van der Waals surface area contributed by atoms with Crippen LogP contribution in [0.1, 0.15) is 34.8 Å². The predicted octanol–water partition coefficient (Wildman–Crippen LogP) is 2.85. The zero-order chi connectivity index (χ0) is 14.4. The summed E-state index contributed by atoms with van der Waals surface area (Å²) in [6, 6.07) is 13.0. The molecule has 20 heavy (non-hydrogen) atoms. The lowest BCUT2D eigenvalue weighted by Crippen LogP contribution is -2.18. The third kappa shape index (κ3) is 3.69. The molecule has 0 spiro atoms. The van der Waals surface area contributed by atoms with Gasteiger partial charge in [-0.3, -0.25) is 4.84 Å². The van der Waals surface area contributed by atoms with Crippen LogP contribution < -0.4 is 5.48 Å². The third-order valence-electron chi connectivity index (χ3n) is 2.78. The van der Waals surface area contributed by atoms with E-state index in [9.17, 15) is 4.79 Å². The van der Waals surface area contributed by atoms with Crippen LogP contribution in [0.15, 0.2) is 46.9 Å². The number of methoxy groups -OCH3 is 1. The van der Waals surface area contributed by atoms with Gasteiger partial charge in [-0.1, -0.05) is 30.3 Å². The van der Waals surface area contributed by atoms with Crippen molar-refractivity contribution in [1.29, 1.82) is 0 Å². The molecule has 1 aromatic heterocycles. The number of esters is 1. The average molecular weight is 275 g/mol. The molecular formula is C15H17NO4. The molecule has 0 aliphatic carbocycles. The molecule has 0 bridgehead atoms. The molecule has 2 rings (SSSR count). The van der Waals surface area contributed by atoms with Crippen molar-refractivity contribution in [2.24, 2.45) is 0 Å². The minimum Gasteiger partial charge on any atom is -0.463 e. The van der Waals surface area contributed by atoms with Gasteiger partial charge >= 0.3 is 5.97 Å². The molecule has 5 heteroatoms. The van der Waals surface area contributed by atoms with Gasteiger partial charge in [-0.25, -0.2) is 4.79 Å². The summed E-state index contributed by atoms with van der Waals surface area (Å²) in [6.45, 7) is 2.33. The van der Waals surface area contributed by atoms with Crippen LogP contribution in [0.4, 0.5) is 0 Å². The molecule has 1 atom stereocenters. The molecular weight excluding hydrogens is 258 g/mol. The Hall–Kier alpha value is -2.11. The quantitative estimate of drug-likeness (QED) is 0.649. The normalized spacial score (nSPS) is 12.1. The van der Waals surface area contributed by atoms with Gasteiger partial charge in [-0.2, -0.15) is 5.48 Å². The molecule has 0 fully saturated rings. The van der Waals surface area contributed by atoms with Crippen LogP contribution in [0, 0.1) is 0 Å². The molecule has 0 saturated heterocycles. The van der Waals surface area contributed by atoms with Crippen LogP contribution in [-0.2, 0) is 16.2 Å². The smallest absolute Gasteiger partial charge is 0.373 e. The van der Waals surface area contributed by atoms with Gasteiger partial charge in [0.15, 0.2) is 0 Å². The van der Waals surface area contributed by atoms with Crippen molar-refractivity contribution in [1.82, 2.24) is 5.48 Å². The molecule has 0 radical (unpaired) electrons. The fourth-order valence-electron chi connectivity index (χ4n) is 1.68. The number of hydroxylamine groups is 1. The van der Waals surface area contributed by atoms with Gasteiger partial charge in [0.05, 0.1) is 19.8 Å². The summed E-state index contributed by atoms with van der Waals surface area (Å²) in [6.07, 6.45) is 0. The fourth-order valence-corrected chi connectivity index (χ4v) is 1.68. The van der Waals surface area contributed by atoms with Crippen LogP contribution in [0.2, 0.25) is 0 Å². The maximum absolute atomic E-state index is 11.3. The van der Waals surface area contributed by atoms with E-state index in [0.717, 1.165) is 5.56 Å². The number of rotatable bonds is 6. The first-order chi connectivity index (χ1) is 9.70. The Morgan fingerprint density at radius 3 is 2.70 bits per heavy atom. The molecule has 0 aliphatic rings. The lowest BCUT2D eigenvalue weighted by molar-refractivity contribution is 0.00218. The van der Waals surface area contributed by atoms with Crippen LogP contribution in [0.25, 0.3) is 0 Å². The summed E-state index contributed by atoms with van der Waals surface area (Å²) in [5.74, 6) is 0.298. The van der Waals surface area contributed by atoms with E-state index in [2.05, 4.69) is 10.2 Å². The lowest BCUT2D eigenvalue weighted by Gasteiger charge is -2.11. The highest BCUT2D eigenvalue weighted by atomic mass is 16.6. The Labute approximate surface area is 117 Å². The van der Waals surface area contributed by atoms with Crippen LogP contribution >= 0.6 is 0 Å². The van der Waals surface area contributed by atoms with E-state index in [1.54, 1.807) is 12.1 Å². The number of nitrogens with one attached hydrogen (secondary N) is 1. The molecule has 106 valence electrons. The topological polar surface area (TPSA) is 60.7 Å². The van der Waals surface area contributed by atoms with Crippen molar-refractivity contribution in [3.05, 3.63) is 59.5 Å². The van der Waals surface area contributed by atoms with E-state index < -0.39 is 5.97 Å². The van der Waals surface area contributed by atoms with Crippen molar-refractivity contribution >= 4 is 5.97 Å². The third-order valence-corrected chi connectivity index (χ3v) is 2.78.